The highest BCUT2D eigenvalue weighted by atomic mass is 19.1. The number of amides is 1. The summed E-state index contributed by atoms with van der Waals surface area (Å²) >= 11 is 0. The fourth-order valence-electron chi connectivity index (χ4n) is 1.20. The molecule has 0 spiro atoms. The van der Waals surface area contributed by atoms with Crippen LogP contribution in [-0.4, -0.2) is 13.0 Å². The molecule has 1 rings (SSSR count). The fourth-order valence-corrected chi connectivity index (χ4v) is 1.20. The Labute approximate surface area is 99.6 Å². The van der Waals surface area contributed by atoms with Gasteiger partial charge in [0.25, 0.3) is 0 Å². The number of halogens is 1. The molecule has 90 valence electrons. The van der Waals surface area contributed by atoms with Crippen molar-refractivity contribution in [1.29, 1.82) is 0 Å². The Hall–Kier alpha value is -2.10. The van der Waals surface area contributed by atoms with Crippen LogP contribution in [0.5, 0.6) is 5.75 Å². The topological polar surface area (TPSA) is 38.3 Å². The fraction of sp³-hybridized carbons (Fsp3) is 0.154. The second kappa shape index (κ2) is 6.48. The van der Waals surface area contributed by atoms with Crippen LogP contribution in [0.25, 0.3) is 0 Å². The van der Waals surface area contributed by atoms with Crippen molar-refractivity contribution >= 4 is 11.6 Å². The summed E-state index contributed by atoms with van der Waals surface area (Å²) in [6.07, 6.45) is 6.54. The Kier molecular flexibility index (Phi) is 4.94. The summed E-state index contributed by atoms with van der Waals surface area (Å²) < 4.78 is 17.9. The minimum absolute atomic E-state index is 0.290. The van der Waals surface area contributed by atoms with Crippen LogP contribution < -0.4 is 10.1 Å². The molecule has 1 N–H and O–H groups in total. The maximum absolute atomic E-state index is 12.9. The Morgan fingerprint density at radius 2 is 2.18 bits per heavy atom. The molecule has 17 heavy (non-hydrogen) atoms. The van der Waals surface area contributed by atoms with Crippen molar-refractivity contribution in [3.05, 3.63) is 48.3 Å². The molecule has 0 aromatic heterocycles. The lowest BCUT2D eigenvalue weighted by Gasteiger charge is -2.08. The third-order valence-corrected chi connectivity index (χ3v) is 1.97. The normalized spacial score (nSPS) is 11.0. The number of anilines is 1. The lowest BCUT2D eigenvalue weighted by molar-refractivity contribution is -0.111. The summed E-state index contributed by atoms with van der Waals surface area (Å²) in [6.45, 7) is 1.85. The summed E-state index contributed by atoms with van der Waals surface area (Å²) in [4.78, 5) is 11.5. The van der Waals surface area contributed by atoms with Gasteiger partial charge in [0.15, 0.2) is 0 Å². The van der Waals surface area contributed by atoms with Gasteiger partial charge in [0, 0.05) is 12.1 Å². The van der Waals surface area contributed by atoms with Gasteiger partial charge in [-0.2, -0.15) is 0 Å². The molecule has 1 amide bonds. The zero-order chi connectivity index (χ0) is 12.7. The number of benzene rings is 1. The average molecular weight is 235 g/mol. The molecule has 4 heteroatoms. The van der Waals surface area contributed by atoms with E-state index in [1.807, 2.05) is 13.0 Å². The average Bonchev–Trinajstić information content (AvgIpc) is 2.32. The molecule has 1 aromatic rings. The number of rotatable bonds is 4. The van der Waals surface area contributed by atoms with E-state index in [0.29, 0.717) is 5.69 Å². The molecule has 0 aliphatic carbocycles. The van der Waals surface area contributed by atoms with E-state index in [1.165, 1.54) is 31.4 Å². The third-order valence-electron chi connectivity index (χ3n) is 1.97. The smallest absolute Gasteiger partial charge is 0.248 e. The van der Waals surface area contributed by atoms with Crippen LogP contribution in [0, 0.1) is 5.82 Å². The maximum atomic E-state index is 12.9. The molecule has 0 aliphatic heterocycles. The van der Waals surface area contributed by atoms with Gasteiger partial charge in [-0.05, 0) is 19.1 Å². The van der Waals surface area contributed by atoms with E-state index in [1.54, 1.807) is 12.2 Å². The van der Waals surface area contributed by atoms with E-state index in [-0.39, 0.29) is 11.7 Å². The zero-order valence-corrected chi connectivity index (χ0v) is 9.74. The van der Waals surface area contributed by atoms with Crippen molar-refractivity contribution in [3.63, 3.8) is 0 Å². The van der Waals surface area contributed by atoms with Crippen molar-refractivity contribution < 1.29 is 13.9 Å². The molecule has 0 fully saturated rings. The highest BCUT2D eigenvalue weighted by Crippen LogP contribution is 2.24. The minimum atomic E-state index is -0.413. The molecular formula is C13H14FNO2. The highest BCUT2D eigenvalue weighted by Gasteiger charge is 2.06. The first kappa shape index (κ1) is 13.0. The van der Waals surface area contributed by atoms with Gasteiger partial charge in [-0.3, -0.25) is 4.79 Å². The van der Waals surface area contributed by atoms with Gasteiger partial charge >= 0.3 is 0 Å². The number of carbonyl (C=O) groups excluding carboxylic acids is 1. The molecule has 0 heterocycles. The van der Waals surface area contributed by atoms with Gasteiger partial charge < -0.3 is 10.1 Å². The van der Waals surface area contributed by atoms with Crippen molar-refractivity contribution in [3.8, 4) is 5.75 Å². The molecule has 0 radical (unpaired) electrons. The Balaban J connectivity index is 2.77. The zero-order valence-electron chi connectivity index (χ0n) is 9.74. The van der Waals surface area contributed by atoms with Crippen molar-refractivity contribution in [2.24, 2.45) is 0 Å². The molecule has 0 unspecified atom stereocenters. The standard InChI is InChI=1S/C13H14FNO2/c1-3-4-5-6-13(16)15-11-8-7-10(14)9-12(11)17-2/h3-9H,1-2H3,(H,15,16). The minimum Gasteiger partial charge on any atom is -0.494 e. The highest BCUT2D eigenvalue weighted by molar-refractivity contribution is 6.00. The molecular weight excluding hydrogens is 221 g/mol. The van der Waals surface area contributed by atoms with E-state index in [4.69, 9.17) is 4.74 Å². The SMILES string of the molecule is CC=CC=CC(=O)Nc1ccc(F)cc1OC. The van der Waals surface area contributed by atoms with Gasteiger partial charge in [-0.15, -0.1) is 0 Å². The first-order valence-electron chi connectivity index (χ1n) is 5.11. The van der Waals surface area contributed by atoms with E-state index in [2.05, 4.69) is 5.32 Å². The van der Waals surface area contributed by atoms with Crippen LogP contribution in [0.3, 0.4) is 0 Å². The van der Waals surface area contributed by atoms with Crippen LogP contribution >= 0.6 is 0 Å². The van der Waals surface area contributed by atoms with E-state index in [0.717, 1.165) is 0 Å². The number of hydrogen-bond acceptors (Lipinski definition) is 2. The van der Waals surface area contributed by atoms with Gasteiger partial charge in [0.2, 0.25) is 5.91 Å². The summed E-state index contributed by atoms with van der Waals surface area (Å²) in [7, 11) is 1.42. The second-order valence-electron chi connectivity index (χ2n) is 3.22. The van der Waals surface area contributed by atoms with E-state index in [9.17, 15) is 9.18 Å². The number of ether oxygens (including phenoxy) is 1. The predicted molar refractivity (Wildman–Crippen MR) is 65.5 cm³/mol. The number of hydrogen-bond donors (Lipinski definition) is 1. The van der Waals surface area contributed by atoms with Gasteiger partial charge in [-0.1, -0.05) is 18.2 Å². The van der Waals surface area contributed by atoms with Crippen LogP contribution in [-0.2, 0) is 4.79 Å². The monoisotopic (exact) mass is 235 g/mol. The Morgan fingerprint density at radius 3 is 2.82 bits per heavy atom. The molecule has 3 nitrogen and oxygen atoms in total. The number of nitrogens with one attached hydrogen (secondary N) is 1. The molecule has 0 saturated carbocycles. The van der Waals surface area contributed by atoms with Crippen LogP contribution in [0.2, 0.25) is 0 Å². The molecule has 0 aliphatic rings. The van der Waals surface area contributed by atoms with Gasteiger partial charge in [0.1, 0.15) is 11.6 Å². The lowest BCUT2D eigenvalue weighted by atomic mass is 10.2. The van der Waals surface area contributed by atoms with Crippen molar-refractivity contribution in [2.75, 3.05) is 12.4 Å². The predicted octanol–water partition coefficient (Wildman–Crippen LogP) is 2.91. The third kappa shape index (κ3) is 4.10. The molecule has 1 aromatic carbocycles. The van der Waals surface area contributed by atoms with Crippen molar-refractivity contribution in [2.45, 2.75) is 6.92 Å². The van der Waals surface area contributed by atoms with Gasteiger partial charge in [-0.25, -0.2) is 4.39 Å². The van der Waals surface area contributed by atoms with Gasteiger partial charge in [0.05, 0.1) is 12.8 Å². The molecule has 0 atom stereocenters. The summed E-state index contributed by atoms with van der Waals surface area (Å²) in [5.74, 6) is -0.421. The van der Waals surface area contributed by atoms with E-state index >= 15 is 0 Å². The van der Waals surface area contributed by atoms with Crippen molar-refractivity contribution in [1.82, 2.24) is 0 Å². The molecule has 0 saturated heterocycles. The Morgan fingerprint density at radius 1 is 1.41 bits per heavy atom. The van der Waals surface area contributed by atoms with Crippen LogP contribution in [0.15, 0.2) is 42.5 Å². The second-order valence-corrected chi connectivity index (χ2v) is 3.22. The lowest BCUT2D eigenvalue weighted by Crippen LogP contribution is -2.08. The quantitative estimate of drug-likeness (QED) is 0.643. The number of carbonyl (C=O) groups is 1. The summed E-state index contributed by atoms with van der Waals surface area (Å²) in [5.41, 5.74) is 0.434. The summed E-state index contributed by atoms with van der Waals surface area (Å²) in [5, 5.41) is 2.60. The van der Waals surface area contributed by atoms with Crippen LogP contribution in [0.4, 0.5) is 10.1 Å². The maximum Gasteiger partial charge on any atom is 0.248 e. The first-order chi connectivity index (χ1) is 8.17. The number of allylic oxidation sites excluding steroid dienone is 3. The Bertz CT molecular complexity index is 453. The number of methoxy groups -OCH3 is 1. The molecule has 0 bridgehead atoms. The summed E-state index contributed by atoms with van der Waals surface area (Å²) in [6, 6.07) is 3.93. The van der Waals surface area contributed by atoms with Crippen LogP contribution in [0.1, 0.15) is 6.92 Å². The largest absolute Gasteiger partial charge is 0.494 e. The van der Waals surface area contributed by atoms with E-state index < -0.39 is 5.82 Å². The first-order valence-corrected chi connectivity index (χ1v) is 5.11.